The lowest BCUT2D eigenvalue weighted by atomic mass is 9.73. The number of anilines is 1. The third-order valence-corrected chi connectivity index (χ3v) is 4.77. The quantitative estimate of drug-likeness (QED) is 0.758. The average Bonchev–Trinajstić information content (AvgIpc) is 2.70. The third kappa shape index (κ3) is 3.35. The molecule has 3 rings (SSSR count). The van der Waals surface area contributed by atoms with E-state index in [2.05, 4.69) is 74.6 Å². The molecule has 1 atom stereocenters. The lowest BCUT2D eigenvalue weighted by Gasteiger charge is -2.31. The van der Waals surface area contributed by atoms with Gasteiger partial charge in [-0.25, -0.2) is 0 Å². The van der Waals surface area contributed by atoms with Crippen LogP contribution in [0.3, 0.4) is 0 Å². The van der Waals surface area contributed by atoms with E-state index >= 15 is 0 Å². The molecule has 0 saturated carbocycles. The SMILES string of the molecule is CC(C)(C)C1CCCNc2ccc(Cc3ccccc3)cc21. The van der Waals surface area contributed by atoms with Crippen LogP contribution in [0, 0.1) is 5.41 Å². The predicted octanol–water partition coefficient (Wildman–Crippen LogP) is 5.61. The molecule has 1 heteroatoms. The van der Waals surface area contributed by atoms with Crippen molar-refractivity contribution in [3.8, 4) is 0 Å². The van der Waals surface area contributed by atoms with Crippen LogP contribution in [-0.4, -0.2) is 6.54 Å². The van der Waals surface area contributed by atoms with Gasteiger partial charge < -0.3 is 5.32 Å². The van der Waals surface area contributed by atoms with Crippen LogP contribution in [0.1, 0.15) is 56.2 Å². The maximum Gasteiger partial charge on any atom is 0.0375 e. The van der Waals surface area contributed by atoms with E-state index in [1.54, 1.807) is 0 Å². The van der Waals surface area contributed by atoms with Gasteiger partial charge in [-0.3, -0.25) is 0 Å². The topological polar surface area (TPSA) is 12.0 Å². The Balaban J connectivity index is 1.94. The van der Waals surface area contributed by atoms with Gasteiger partial charge in [0.05, 0.1) is 0 Å². The molecule has 0 amide bonds. The zero-order valence-corrected chi connectivity index (χ0v) is 14.0. The second kappa shape index (κ2) is 6.16. The van der Waals surface area contributed by atoms with E-state index in [0.29, 0.717) is 11.3 Å². The van der Waals surface area contributed by atoms with Gasteiger partial charge in [0.25, 0.3) is 0 Å². The standard InChI is InChI=1S/C21H27N/c1-21(2,3)19-10-7-13-22-20-12-11-17(15-18(19)20)14-16-8-5-4-6-9-16/h4-6,8-9,11-12,15,19,22H,7,10,13-14H2,1-3H3. The lowest BCUT2D eigenvalue weighted by molar-refractivity contribution is 0.305. The van der Waals surface area contributed by atoms with E-state index in [4.69, 9.17) is 0 Å². The zero-order chi connectivity index (χ0) is 15.6. The molecule has 0 radical (unpaired) electrons. The van der Waals surface area contributed by atoms with Gasteiger partial charge in [0.2, 0.25) is 0 Å². The highest BCUT2D eigenvalue weighted by atomic mass is 14.9. The van der Waals surface area contributed by atoms with Gasteiger partial charge in [0.1, 0.15) is 0 Å². The van der Waals surface area contributed by atoms with Gasteiger partial charge in [0, 0.05) is 12.2 Å². The molecule has 0 aliphatic carbocycles. The molecule has 2 aromatic rings. The molecule has 0 spiro atoms. The van der Waals surface area contributed by atoms with Gasteiger partial charge in [-0.2, -0.15) is 0 Å². The number of rotatable bonds is 2. The van der Waals surface area contributed by atoms with Gasteiger partial charge in [-0.1, -0.05) is 63.2 Å². The molecule has 2 aromatic carbocycles. The molecule has 1 aliphatic heterocycles. The van der Waals surface area contributed by atoms with Crippen LogP contribution in [0.5, 0.6) is 0 Å². The van der Waals surface area contributed by atoms with Crippen LogP contribution in [0.4, 0.5) is 5.69 Å². The fourth-order valence-electron chi connectivity index (χ4n) is 3.59. The van der Waals surface area contributed by atoms with E-state index < -0.39 is 0 Å². The van der Waals surface area contributed by atoms with Crippen LogP contribution in [0.15, 0.2) is 48.5 Å². The first-order valence-corrected chi connectivity index (χ1v) is 8.44. The number of hydrogen-bond donors (Lipinski definition) is 1. The minimum atomic E-state index is 0.312. The maximum atomic E-state index is 3.62. The highest BCUT2D eigenvalue weighted by molar-refractivity contribution is 5.56. The average molecular weight is 293 g/mol. The first-order valence-electron chi connectivity index (χ1n) is 8.44. The molecule has 1 heterocycles. The second-order valence-electron chi connectivity index (χ2n) is 7.57. The van der Waals surface area contributed by atoms with E-state index in [1.807, 2.05) is 0 Å². The Morgan fingerprint density at radius 1 is 1.00 bits per heavy atom. The Morgan fingerprint density at radius 2 is 1.77 bits per heavy atom. The maximum absolute atomic E-state index is 3.62. The molecule has 0 fully saturated rings. The van der Waals surface area contributed by atoms with E-state index in [-0.39, 0.29) is 0 Å². The Morgan fingerprint density at radius 3 is 2.50 bits per heavy atom. The van der Waals surface area contributed by atoms with Crippen LogP contribution >= 0.6 is 0 Å². The van der Waals surface area contributed by atoms with Crippen molar-refractivity contribution >= 4 is 5.69 Å². The Hall–Kier alpha value is -1.76. The molecule has 0 bridgehead atoms. The molecule has 1 N–H and O–H groups in total. The molecular weight excluding hydrogens is 266 g/mol. The van der Waals surface area contributed by atoms with E-state index in [9.17, 15) is 0 Å². The third-order valence-electron chi connectivity index (χ3n) is 4.77. The number of benzene rings is 2. The molecule has 0 saturated heterocycles. The fraction of sp³-hybridized carbons (Fsp3) is 0.429. The molecule has 1 unspecified atom stereocenters. The summed E-state index contributed by atoms with van der Waals surface area (Å²) in [5.74, 6) is 0.633. The fourth-order valence-corrected chi connectivity index (χ4v) is 3.59. The van der Waals surface area contributed by atoms with Crippen molar-refractivity contribution in [2.24, 2.45) is 5.41 Å². The Labute approximate surface area is 134 Å². The van der Waals surface area contributed by atoms with Gasteiger partial charge >= 0.3 is 0 Å². The number of nitrogens with one attached hydrogen (secondary N) is 1. The predicted molar refractivity (Wildman–Crippen MR) is 95.6 cm³/mol. The molecule has 0 aromatic heterocycles. The normalized spacial score (nSPS) is 18.2. The van der Waals surface area contributed by atoms with Crippen LogP contribution < -0.4 is 5.32 Å². The summed E-state index contributed by atoms with van der Waals surface area (Å²) in [5, 5.41) is 3.62. The van der Waals surface area contributed by atoms with Crippen molar-refractivity contribution < 1.29 is 0 Å². The highest BCUT2D eigenvalue weighted by Crippen LogP contribution is 2.43. The van der Waals surface area contributed by atoms with Crippen LogP contribution in [0.2, 0.25) is 0 Å². The molecule has 116 valence electrons. The van der Waals surface area contributed by atoms with Gasteiger partial charge in [-0.05, 0) is 53.4 Å². The second-order valence-corrected chi connectivity index (χ2v) is 7.57. The summed E-state index contributed by atoms with van der Waals surface area (Å²) in [7, 11) is 0. The molecule has 1 nitrogen and oxygen atoms in total. The van der Waals surface area contributed by atoms with Gasteiger partial charge in [0.15, 0.2) is 0 Å². The number of hydrogen-bond acceptors (Lipinski definition) is 1. The van der Waals surface area contributed by atoms with Crippen molar-refractivity contribution in [3.63, 3.8) is 0 Å². The summed E-state index contributed by atoms with van der Waals surface area (Å²) in [6.07, 6.45) is 3.55. The molecule has 22 heavy (non-hydrogen) atoms. The Kier molecular flexibility index (Phi) is 4.24. The summed E-state index contributed by atoms with van der Waals surface area (Å²) in [6, 6.07) is 17.8. The minimum Gasteiger partial charge on any atom is -0.385 e. The smallest absolute Gasteiger partial charge is 0.0375 e. The van der Waals surface area contributed by atoms with E-state index in [0.717, 1.165) is 13.0 Å². The van der Waals surface area contributed by atoms with E-state index in [1.165, 1.54) is 35.2 Å². The largest absolute Gasteiger partial charge is 0.385 e. The monoisotopic (exact) mass is 293 g/mol. The van der Waals surface area contributed by atoms with Crippen molar-refractivity contribution in [1.82, 2.24) is 0 Å². The first kappa shape index (κ1) is 15.1. The van der Waals surface area contributed by atoms with Crippen LogP contribution in [-0.2, 0) is 6.42 Å². The molecular formula is C21H27N. The summed E-state index contributed by atoms with van der Waals surface area (Å²) in [6.45, 7) is 8.21. The summed E-state index contributed by atoms with van der Waals surface area (Å²) >= 11 is 0. The summed E-state index contributed by atoms with van der Waals surface area (Å²) in [5.41, 5.74) is 5.97. The Bertz CT molecular complexity index is 622. The van der Waals surface area contributed by atoms with Crippen molar-refractivity contribution in [2.75, 3.05) is 11.9 Å². The molecule has 1 aliphatic rings. The van der Waals surface area contributed by atoms with Crippen LogP contribution in [0.25, 0.3) is 0 Å². The number of fused-ring (bicyclic) bond motifs is 1. The highest BCUT2D eigenvalue weighted by Gasteiger charge is 2.29. The minimum absolute atomic E-state index is 0.312. The summed E-state index contributed by atoms with van der Waals surface area (Å²) in [4.78, 5) is 0. The lowest BCUT2D eigenvalue weighted by Crippen LogP contribution is -2.18. The van der Waals surface area contributed by atoms with Crippen molar-refractivity contribution in [3.05, 3.63) is 65.2 Å². The van der Waals surface area contributed by atoms with Crippen molar-refractivity contribution in [2.45, 2.75) is 46.0 Å². The van der Waals surface area contributed by atoms with Crippen molar-refractivity contribution in [1.29, 1.82) is 0 Å². The van der Waals surface area contributed by atoms with Gasteiger partial charge in [-0.15, -0.1) is 0 Å². The first-order chi connectivity index (χ1) is 10.5. The summed E-state index contributed by atoms with van der Waals surface area (Å²) < 4.78 is 0. The zero-order valence-electron chi connectivity index (χ0n) is 14.0.